The number of amides is 1. The molecule has 1 heterocycles. The van der Waals surface area contributed by atoms with E-state index < -0.39 is 67.4 Å². The SMILES string of the molecule is CCCCC/C=C\C/C=C\CCCCCCCCC(O)C(=O)NC(COC1OC(CO)C(O)C(O)C1OC(=O)CCCCCCCCCCCCCCCCCCC)C(O)/C=C/CCCCCCCCCCCC. The molecule has 11 heteroatoms. The molecule has 1 rings (SSSR count). The molecule has 1 aliphatic heterocycles. The molecule has 8 unspecified atom stereocenters. The van der Waals surface area contributed by atoms with Crippen molar-refractivity contribution in [3.63, 3.8) is 0 Å². The number of allylic oxidation sites excluding steroid dienone is 5. The fourth-order valence-electron chi connectivity index (χ4n) is 9.80. The molecule has 0 spiro atoms. The summed E-state index contributed by atoms with van der Waals surface area (Å²) in [6, 6.07) is -1.02. The van der Waals surface area contributed by atoms with Crippen molar-refractivity contribution in [3.8, 4) is 0 Å². The Hall–Kier alpha value is -2.12. The molecule has 1 amide bonds. The summed E-state index contributed by atoms with van der Waals surface area (Å²) in [7, 11) is 0. The first kappa shape index (κ1) is 69.9. The van der Waals surface area contributed by atoms with Gasteiger partial charge in [-0.25, -0.2) is 0 Å². The summed E-state index contributed by atoms with van der Waals surface area (Å²) >= 11 is 0. The third-order valence-corrected chi connectivity index (χ3v) is 14.8. The van der Waals surface area contributed by atoms with Crippen molar-refractivity contribution in [3.05, 3.63) is 36.5 Å². The van der Waals surface area contributed by atoms with Crippen molar-refractivity contribution < 1.29 is 49.3 Å². The van der Waals surface area contributed by atoms with E-state index in [1.807, 2.05) is 6.08 Å². The van der Waals surface area contributed by atoms with Crippen LogP contribution >= 0.6 is 0 Å². The van der Waals surface area contributed by atoms with Crippen molar-refractivity contribution in [1.82, 2.24) is 5.32 Å². The molecule has 0 saturated carbocycles. The summed E-state index contributed by atoms with van der Waals surface area (Å²) in [5, 5.41) is 57.0. The van der Waals surface area contributed by atoms with E-state index in [9.17, 15) is 35.1 Å². The van der Waals surface area contributed by atoms with Crippen LogP contribution in [-0.2, 0) is 23.8 Å². The number of ether oxygens (including phenoxy) is 3. The number of rotatable bonds is 53. The highest BCUT2D eigenvalue weighted by atomic mass is 16.7. The Kier molecular flexibility index (Phi) is 48.8. The van der Waals surface area contributed by atoms with Gasteiger partial charge < -0.3 is 45.1 Å². The summed E-state index contributed by atoms with van der Waals surface area (Å²) in [6.07, 6.45) is 50.3. The van der Waals surface area contributed by atoms with Crippen LogP contribution in [0.1, 0.15) is 290 Å². The fourth-order valence-corrected chi connectivity index (χ4v) is 9.80. The molecule has 0 bridgehead atoms. The summed E-state index contributed by atoms with van der Waals surface area (Å²) in [4.78, 5) is 26.5. The van der Waals surface area contributed by atoms with Crippen molar-refractivity contribution in [2.75, 3.05) is 13.2 Å². The summed E-state index contributed by atoms with van der Waals surface area (Å²) in [5.74, 6) is -1.19. The monoisotopic (exact) mass is 1050 g/mol. The molecule has 0 aromatic rings. The number of carbonyl (C=O) groups excluding carboxylic acids is 2. The van der Waals surface area contributed by atoms with E-state index in [4.69, 9.17) is 14.2 Å². The summed E-state index contributed by atoms with van der Waals surface area (Å²) in [5.41, 5.74) is 0. The lowest BCUT2D eigenvalue weighted by Gasteiger charge is -2.41. The lowest BCUT2D eigenvalue weighted by Crippen LogP contribution is -2.61. The number of carbonyl (C=O) groups is 2. The predicted octanol–water partition coefficient (Wildman–Crippen LogP) is 14.7. The van der Waals surface area contributed by atoms with Gasteiger partial charge in [0.05, 0.1) is 25.4 Å². The van der Waals surface area contributed by atoms with E-state index in [0.29, 0.717) is 12.8 Å². The second kappa shape index (κ2) is 51.6. The van der Waals surface area contributed by atoms with Gasteiger partial charge in [0, 0.05) is 6.42 Å². The van der Waals surface area contributed by atoms with Gasteiger partial charge in [-0.3, -0.25) is 9.59 Å². The topological polar surface area (TPSA) is 175 Å². The smallest absolute Gasteiger partial charge is 0.306 e. The van der Waals surface area contributed by atoms with Crippen LogP contribution in [0, 0.1) is 0 Å². The van der Waals surface area contributed by atoms with Crippen molar-refractivity contribution >= 4 is 11.9 Å². The molecule has 0 aromatic heterocycles. The lowest BCUT2D eigenvalue weighted by atomic mass is 9.99. The van der Waals surface area contributed by atoms with E-state index >= 15 is 0 Å². The number of hydrogen-bond donors (Lipinski definition) is 6. The maximum Gasteiger partial charge on any atom is 0.306 e. The molecule has 1 saturated heterocycles. The number of nitrogens with one attached hydrogen (secondary N) is 1. The Labute approximate surface area is 453 Å². The van der Waals surface area contributed by atoms with Gasteiger partial charge in [-0.2, -0.15) is 0 Å². The molecule has 0 aromatic carbocycles. The zero-order chi connectivity index (χ0) is 54.0. The Bertz CT molecular complexity index is 1340. The van der Waals surface area contributed by atoms with Crippen LogP contribution in [0.15, 0.2) is 36.5 Å². The first-order valence-corrected chi connectivity index (χ1v) is 31.3. The Morgan fingerprint density at radius 1 is 0.527 bits per heavy atom. The van der Waals surface area contributed by atoms with Crippen LogP contribution < -0.4 is 5.32 Å². The largest absolute Gasteiger partial charge is 0.454 e. The van der Waals surface area contributed by atoms with Gasteiger partial charge in [0.1, 0.15) is 24.4 Å². The Morgan fingerprint density at radius 2 is 0.932 bits per heavy atom. The third kappa shape index (κ3) is 39.3. The maximum atomic E-state index is 13.4. The van der Waals surface area contributed by atoms with E-state index in [1.54, 1.807) is 6.08 Å². The molecule has 6 N–H and O–H groups in total. The first-order valence-electron chi connectivity index (χ1n) is 31.3. The first-order chi connectivity index (χ1) is 36.2. The third-order valence-electron chi connectivity index (χ3n) is 14.8. The standard InChI is InChI=1S/C63H117NO10/c1-4-7-10-13-16-19-22-25-27-29-31-33-36-39-42-45-48-51-58(68)74-61-60(70)59(69)57(52-65)73-63(61)72-53-54(55(66)49-46-43-40-37-34-24-21-18-15-12-9-6-3)64-62(71)56(67)50-47-44-41-38-35-32-30-28-26-23-20-17-14-11-8-5-2/h17,20,26,28,46,49,54-57,59-61,63,65-67,69-70H,4-16,18-19,21-25,27,29-45,47-48,50-53H2,1-3H3,(H,64,71)/b20-17-,28-26-,49-46+. The second-order valence-corrected chi connectivity index (χ2v) is 21.8. The highest BCUT2D eigenvalue weighted by Crippen LogP contribution is 2.26. The molecule has 1 aliphatic rings. The molecule has 74 heavy (non-hydrogen) atoms. The average Bonchev–Trinajstić information content (AvgIpc) is 3.40. The van der Waals surface area contributed by atoms with Gasteiger partial charge in [0.25, 0.3) is 0 Å². The van der Waals surface area contributed by atoms with Gasteiger partial charge in [-0.1, -0.05) is 263 Å². The molecule has 1 fully saturated rings. The van der Waals surface area contributed by atoms with E-state index in [2.05, 4.69) is 50.4 Å². The normalized spacial score (nSPS) is 19.5. The minimum atomic E-state index is -1.61. The predicted molar refractivity (Wildman–Crippen MR) is 306 cm³/mol. The van der Waals surface area contributed by atoms with E-state index in [0.717, 1.165) is 83.5 Å². The number of hydrogen-bond acceptors (Lipinski definition) is 10. The quantitative estimate of drug-likeness (QED) is 0.0195. The molecule has 434 valence electrons. The number of esters is 1. The van der Waals surface area contributed by atoms with Gasteiger partial charge in [-0.05, 0) is 57.8 Å². The Morgan fingerprint density at radius 3 is 1.41 bits per heavy atom. The van der Waals surface area contributed by atoms with Gasteiger partial charge in [0.2, 0.25) is 5.91 Å². The van der Waals surface area contributed by atoms with Crippen LogP contribution in [0.3, 0.4) is 0 Å². The summed E-state index contributed by atoms with van der Waals surface area (Å²) in [6.45, 7) is 5.78. The molecular weight excluding hydrogens is 931 g/mol. The van der Waals surface area contributed by atoms with E-state index in [-0.39, 0.29) is 19.4 Å². The minimum Gasteiger partial charge on any atom is -0.454 e. The highest BCUT2D eigenvalue weighted by Gasteiger charge is 2.47. The maximum absolute atomic E-state index is 13.4. The van der Waals surface area contributed by atoms with Crippen LogP contribution in [0.5, 0.6) is 0 Å². The molecular formula is C63H117NO10. The zero-order valence-electron chi connectivity index (χ0n) is 48.0. The van der Waals surface area contributed by atoms with Crippen LogP contribution in [0.2, 0.25) is 0 Å². The number of aliphatic hydroxyl groups excluding tert-OH is 5. The van der Waals surface area contributed by atoms with Gasteiger partial charge >= 0.3 is 5.97 Å². The second-order valence-electron chi connectivity index (χ2n) is 21.8. The summed E-state index contributed by atoms with van der Waals surface area (Å²) < 4.78 is 17.6. The molecule has 11 nitrogen and oxygen atoms in total. The van der Waals surface area contributed by atoms with Crippen LogP contribution in [0.25, 0.3) is 0 Å². The lowest BCUT2D eigenvalue weighted by molar-refractivity contribution is -0.305. The molecule has 8 atom stereocenters. The minimum absolute atomic E-state index is 0.127. The van der Waals surface area contributed by atoms with Crippen molar-refractivity contribution in [1.29, 1.82) is 0 Å². The molecule has 0 aliphatic carbocycles. The highest BCUT2D eigenvalue weighted by molar-refractivity contribution is 5.80. The van der Waals surface area contributed by atoms with E-state index in [1.165, 1.54) is 161 Å². The fraction of sp³-hybridized carbons (Fsp3) is 0.873. The van der Waals surface area contributed by atoms with Gasteiger partial charge in [0.15, 0.2) is 12.4 Å². The zero-order valence-corrected chi connectivity index (χ0v) is 48.0. The number of aliphatic hydroxyl groups is 5. The van der Waals surface area contributed by atoms with Gasteiger partial charge in [-0.15, -0.1) is 0 Å². The van der Waals surface area contributed by atoms with Crippen LogP contribution in [0.4, 0.5) is 0 Å². The number of unbranched alkanes of at least 4 members (excludes halogenated alkanes) is 35. The van der Waals surface area contributed by atoms with Crippen LogP contribution in [-0.4, -0.2) is 99.6 Å². The van der Waals surface area contributed by atoms with Crippen molar-refractivity contribution in [2.24, 2.45) is 0 Å². The average molecular weight is 1050 g/mol. The van der Waals surface area contributed by atoms with Crippen molar-refractivity contribution in [2.45, 2.75) is 339 Å². The molecule has 0 radical (unpaired) electrons. The Balaban J connectivity index is 2.68.